The number of para-hydroxylation sites is 2. The molecular formula is C24H17BrFNO4. The Morgan fingerprint density at radius 2 is 1.68 bits per heavy atom. The highest BCUT2D eigenvalue weighted by Crippen LogP contribution is 2.33. The third kappa shape index (κ3) is 4.36. The van der Waals surface area contributed by atoms with E-state index in [1.54, 1.807) is 54.6 Å². The van der Waals surface area contributed by atoms with E-state index in [9.17, 15) is 14.0 Å². The fourth-order valence-corrected chi connectivity index (χ4v) is 3.34. The molecule has 31 heavy (non-hydrogen) atoms. The summed E-state index contributed by atoms with van der Waals surface area (Å²) in [5, 5.41) is 3.30. The fourth-order valence-electron chi connectivity index (χ4n) is 3.07. The Morgan fingerprint density at radius 1 is 1.00 bits per heavy atom. The molecule has 0 fully saturated rings. The molecule has 0 unspecified atom stereocenters. The maximum Gasteiger partial charge on any atom is 0.265 e. The Kier molecular flexibility index (Phi) is 5.86. The van der Waals surface area contributed by atoms with Gasteiger partial charge in [0, 0.05) is 15.4 Å². The van der Waals surface area contributed by atoms with E-state index in [0.717, 1.165) is 4.47 Å². The van der Waals surface area contributed by atoms with Gasteiger partial charge >= 0.3 is 0 Å². The molecule has 1 heterocycles. The van der Waals surface area contributed by atoms with Gasteiger partial charge in [-0.3, -0.25) is 9.59 Å². The first-order valence-corrected chi connectivity index (χ1v) is 10.3. The largest absolute Gasteiger partial charge is 0.478 e. The molecule has 1 aromatic heterocycles. The molecule has 0 aliphatic carbocycles. The molecule has 3 aromatic carbocycles. The van der Waals surface area contributed by atoms with Crippen LogP contribution in [0.5, 0.6) is 5.75 Å². The van der Waals surface area contributed by atoms with Crippen molar-refractivity contribution in [2.24, 2.45) is 0 Å². The van der Waals surface area contributed by atoms with Gasteiger partial charge in [0.05, 0.1) is 5.69 Å². The number of rotatable bonds is 6. The summed E-state index contributed by atoms with van der Waals surface area (Å²) in [6.07, 6.45) is -1.01. The zero-order chi connectivity index (χ0) is 22.0. The van der Waals surface area contributed by atoms with Crippen molar-refractivity contribution in [3.8, 4) is 5.75 Å². The van der Waals surface area contributed by atoms with E-state index in [2.05, 4.69) is 21.2 Å². The minimum atomic E-state index is -1.01. The van der Waals surface area contributed by atoms with Gasteiger partial charge in [-0.2, -0.15) is 0 Å². The number of nitrogens with one attached hydrogen (secondary N) is 1. The Balaban J connectivity index is 1.65. The summed E-state index contributed by atoms with van der Waals surface area (Å²) in [5.74, 6) is -1.51. The third-order valence-electron chi connectivity index (χ3n) is 4.67. The zero-order valence-corrected chi connectivity index (χ0v) is 18.0. The van der Waals surface area contributed by atoms with Gasteiger partial charge in [-0.15, -0.1) is 0 Å². The fraction of sp³-hybridized carbons (Fsp3) is 0.0833. The van der Waals surface area contributed by atoms with Crippen molar-refractivity contribution in [1.82, 2.24) is 0 Å². The Bertz CT molecular complexity index is 1270. The first-order valence-electron chi connectivity index (χ1n) is 9.48. The molecule has 7 heteroatoms. The molecule has 0 spiro atoms. The molecule has 0 radical (unpaired) electrons. The van der Waals surface area contributed by atoms with Gasteiger partial charge in [-0.05, 0) is 55.5 Å². The second-order valence-electron chi connectivity index (χ2n) is 6.82. The predicted molar refractivity (Wildman–Crippen MR) is 119 cm³/mol. The van der Waals surface area contributed by atoms with Gasteiger partial charge in [0.25, 0.3) is 5.91 Å². The van der Waals surface area contributed by atoms with Crippen LogP contribution in [-0.4, -0.2) is 17.8 Å². The Morgan fingerprint density at radius 3 is 2.42 bits per heavy atom. The number of fused-ring (bicyclic) bond motifs is 1. The number of benzene rings is 3. The standard InChI is InChI=1S/C24H17BrFNO4/c1-14(30-20-9-5-3-7-18(20)26)24(29)27-21-17-6-2-4-8-19(17)31-23(21)22(28)15-10-12-16(25)13-11-15/h2-14H,1H3,(H,27,29)/t14-/m1/s1. The second-order valence-corrected chi connectivity index (χ2v) is 7.73. The molecule has 0 bridgehead atoms. The topological polar surface area (TPSA) is 68.5 Å². The van der Waals surface area contributed by atoms with Crippen molar-refractivity contribution in [3.05, 3.63) is 94.4 Å². The summed E-state index contributed by atoms with van der Waals surface area (Å²) >= 11 is 3.34. The molecule has 0 aliphatic rings. The number of hydrogen-bond acceptors (Lipinski definition) is 4. The number of carbonyl (C=O) groups excluding carboxylic acids is 2. The highest BCUT2D eigenvalue weighted by Gasteiger charge is 2.25. The van der Waals surface area contributed by atoms with Crippen LogP contribution in [0.2, 0.25) is 0 Å². The first kappa shape index (κ1) is 20.8. The Hall–Kier alpha value is -3.45. The number of carbonyl (C=O) groups is 2. The summed E-state index contributed by atoms with van der Waals surface area (Å²) in [5.41, 5.74) is 1.12. The number of ether oxygens (including phenoxy) is 1. The third-order valence-corrected chi connectivity index (χ3v) is 5.19. The number of halogens is 2. The van der Waals surface area contributed by atoms with Crippen LogP contribution in [0.1, 0.15) is 23.0 Å². The lowest BCUT2D eigenvalue weighted by atomic mass is 10.1. The minimum Gasteiger partial charge on any atom is -0.478 e. The normalized spacial score (nSPS) is 11.8. The van der Waals surface area contributed by atoms with Crippen molar-refractivity contribution in [3.63, 3.8) is 0 Å². The number of hydrogen-bond donors (Lipinski definition) is 1. The highest BCUT2D eigenvalue weighted by atomic mass is 79.9. The van der Waals surface area contributed by atoms with Gasteiger partial charge in [-0.25, -0.2) is 4.39 Å². The molecule has 1 atom stereocenters. The van der Waals surface area contributed by atoms with Gasteiger partial charge in [0.1, 0.15) is 5.58 Å². The average molecular weight is 482 g/mol. The van der Waals surface area contributed by atoms with Gasteiger partial charge in [0.2, 0.25) is 5.78 Å². The minimum absolute atomic E-state index is 0.00923. The first-order chi connectivity index (χ1) is 14.9. The van der Waals surface area contributed by atoms with Crippen LogP contribution < -0.4 is 10.1 Å². The van der Waals surface area contributed by atoms with Crippen LogP contribution >= 0.6 is 15.9 Å². The van der Waals surface area contributed by atoms with Crippen molar-refractivity contribution in [2.75, 3.05) is 5.32 Å². The van der Waals surface area contributed by atoms with E-state index in [-0.39, 0.29) is 23.0 Å². The van der Waals surface area contributed by atoms with Crippen LogP contribution in [-0.2, 0) is 4.79 Å². The van der Waals surface area contributed by atoms with Gasteiger partial charge in [0.15, 0.2) is 23.4 Å². The number of anilines is 1. The Labute approximate surface area is 186 Å². The zero-order valence-electron chi connectivity index (χ0n) is 16.4. The lowest BCUT2D eigenvalue weighted by Crippen LogP contribution is -2.30. The summed E-state index contributed by atoms with van der Waals surface area (Å²) in [7, 11) is 0. The summed E-state index contributed by atoms with van der Waals surface area (Å²) in [6.45, 7) is 1.50. The molecule has 0 aliphatic heterocycles. The molecule has 4 aromatic rings. The van der Waals surface area contributed by atoms with Crippen molar-refractivity contribution in [1.29, 1.82) is 0 Å². The smallest absolute Gasteiger partial charge is 0.265 e. The van der Waals surface area contributed by atoms with Crippen molar-refractivity contribution < 1.29 is 23.1 Å². The maximum atomic E-state index is 13.9. The van der Waals surface area contributed by atoms with Crippen molar-refractivity contribution >= 4 is 44.3 Å². The lowest BCUT2D eigenvalue weighted by Gasteiger charge is -2.15. The van der Waals surface area contributed by atoms with E-state index >= 15 is 0 Å². The molecule has 1 N–H and O–H groups in total. The van der Waals surface area contributed by atoms with E-state index in [1.807, 2.05) is 0 Å². The molecular weight excluding hydrogens is 465 g/mol. The quantitative estimate of drug-likeness (QED) is 0.344. The molecule has 1 amide bonds. The van der Waals surface area contributed by atoms with Crippen LogP contribution in [0.4, 0.5) is 10.1 Å². The average Bonchev–Trinajstić information content (AvgIpc) is 3.13. The SMILES string of the molecule is C[C@@H](Oc1ccccc1F)C(=O)Nc1c(C(=O)c2ccc(Br)cc2)oc2ccccc12. The molecule has 156 valence electrons. The van der Waals surface area contributed by atoms with Crippen LogP contribution in [0.25, 0.3) is 11.0 Å². The van der Waals surface area contributed by atoms with E-state index < -0.39 is 17.8 Å². The number of amides is 1. The van der Waals surface area contributed by atoms with Crippen LogP contribution in [0, 0.1) is 5.82 Å². The maximum absolute atomic E-state index is 13.9. The van der Waals surface area contributed by atoms with Crippen LogP contribution in [0.3, 0.4) is 0 Å². The van der Waals surface area contributed by atoms with Gasteiger partial charge < -0.3 is 14.5 Å². The van der Waals surface area contributed by atoms with Crippen LogP contribution in [0.15, 0.2) is 81.7 Å². The monoisotopic (exact) mass is 481 g/mol. The summed E-state index contributed by atoms with van der Waals surface area (Å²) in [6, 6.07) is 19.7. The van der Waals surface area contributed by atoms with E-state index in [0.29, 0.717) is 16.5 Å². The second kappa shape index (κ2) is 8.73. The highest BCUT2D eigenvalue weighted by molar-refractivity contribution is 9.10. The molecule has 0 saturated carbocycles. The van der Waals surface area contributed by atoms with Gasteiger partial charge in [-0.1, -0.05) is 40.2 Å². The number of furan rings is 1. The summed E-state index contributed by atoms with van der Waals surface area (Å²) < 4.78 is 25.9. The summed E-state index contributed by atoms with van der Waals surface area (Å²) in [4.78, 5) is 25.9. The molecule has 4 rings (SSSR count). The number of ketones is 1. The van der Waals surface area contributed by atoms with Crippen molar-refractivity contribution in [2.45, 2.75) is 13.0 Å². The van der Waals surface area contributed by atoms with E-state index in [1.165, 1.54) is 25.1 Å². The van der Waals surface area contributed by atoms with E-state index in [4.69, 9.17) is 9.15 Å². The molecule has 0 saturated heterocycles. The lowest BCUT2D eigenvalue weighted by molar-refractivity contribution is -0.122. The predicted octanol–water partition coefficient (Wildman–Crippen LogP) is 5.97. The molecule has 5 nitrogen and oxygen atoms in total.